The molecular formula is C19H21N3O5. The van der Waals surface area contributed by atoms with Crippen molar-refractivity contribution < 1.29 is 19.2 Å². The Kier molecular flexibility index (Phi) is 6.48. The van der Waals surface area contributed by atoms with E-state index >= 15 is 0 Å². The second-order valence-electron chi connectivity index (χ2n) is 5.92. The first-order chi connectivity index (χ1) is 12.8. The van der Waals surface area contributed by atoms with E-state index < -0.39 is 4.92 Å². The van der Waals surface area contributed by atoms with Gasteiger partial charge in [0.2, 0.25) is 5.91 Å². The zero-order chi connectivity index (χ0) is 20.0. The summed E-state index contributed by atoms with van der Waals surface area (Å²) in [5.41, 5.74) is 5.35. The number of benzene rings is 2. The minimum atomic E-state index is -0.554. The van der Waals surface area contributed by atoms with Crippen LogP contribution in [0.4, 0.5) is 5.69 Å². The molecule has 0 atom stereocenters. The molecule has 8 nitrogen and oxygen atoms in total. The summed E-state index contributed by atoms with van der Waals surface area (Å²) in [6.07, 6.45) is 1.37. The number of ether oxygens (including phenoxy) is 2. The first-order valence-electron chi connectivity index (χ1n) is 8.14. The summed E-state index contributed by atoms with van der Waals surface area (Å²) >= 11 is 0. The van der Waals surface area contributed by atoms with Gasteiger partial charge in [-0.1, -0.05) is 23.8 Å². The molecule has 1 amide bonds. The van der Waals surface area contributed by atoms with Gasteiger partial charge in [0.1, 0.15) is 0 Å². The van der Waals surface area contributed by atoms with Crippen molar-refractivity contribution in [2.45, 2.75) is 20.3 Å². The number of carbonyl (C=O) groups excluding carboxylic acids is 1. The van der Waals surface area contributed by atoms with Crippen molar-refractivity contribution in [3.63, 3.8) is 0 Å². The second kappa shape index (κ2) is 8.79. The molecule has 0 bridgehead atoms. The van der Waals surface area contributed by atoms with Crippen LogP contribution in [-0.4, -0.2) is 31.3 Å². The zero-order valence-electron chi connectivity index (χ0n) is 15.6. The molecule has 0 unspecified atom stereocenters. The molecule has 1 N–H and O–H groups in total. The lowest BCUT2D eigenvalue weighted by atomic mass is 10.0. The third-order valence-corrected chi connectivity index (χ3v) is 3.98. The number of nitrogens with one attached hydrogen (secondary N) is 1. The molecule has 0 heterocycles. The number of aryl methyl sites for hydroxylation is 2. The number of nitro benzene ring substituents is 1. The molecule has 0 radical (unpaired) electrons. The number of hydrogen-bond acceptors (Lipinski definition) is 6. The van der Waals surface area contributed by atoms with E-state index in [-0.39, 0.29) is 29.3 Å². The van der Waals surface area contributed by atoms with Gasteiger partial charge < -0.3 is 9.47 Å². The number of hydrazone groups is 1. The standard InChI is InChI=1S/C19H21N3O5/c1-12-5-6-13(2)14(7-12)9-19(23)21-20-11-15-8-17(26-3)18(27-4)10-16(15)22(24)25/h5-8,10-11H,9H2,1-4H3,(H,21,23)/b20-11-. The zero-order valence-corrected chi connectivity index (χ0v) is 15.6. The summed E-state index contributed by atoms with van der Waals surface area (Å²) < 4.78 is 10.2. The Morgan fingerprint density at radius 2 is 1.85 bits per heavy atom. The van der Waals surface area contributed by atoms with Crippen LogP contribution in [-0.2, 0) is 11.2 Å². The highest BCUT2D eigenvalue weighted by molar-refractivity contribution is 5.88. The van der Waals surface area contributed by atoms with Gasteiger partial charge in [-0.2, -0.15) is 5.10 Å². The highest BCUT2D eigenvalue weighted by Crippen LogP contribution is 2.33. The summed E-state index contributed by atoms with van der Waals surface area (Å²) in [7, 11) is 2.82. The van der Waals surface area contributed by atoms with Crippen molar-refractivity contribution in [2.24, 2.45) is 5.10 Å². The van der Waals surface area contributed by atoms with E-state index in [1.54, 1.807) is 0 Å². The predicted octanol–water partition coefficient (Wildman–Crippen LogP) is 2.92. The van der Waals surface area contributed by atoms with Crippen molar-refractivity contribution in [1.82, 2.24) is 5.43 Å². The largest absolute Gasteiger partial charge is 0.493 e. The molecule has 2 rings (SSSR count). The molecular weight excluding hydrogens is 350 g/mol. The monoisotopic (exact) mass is 371 g/mol. The van der Waals surface area contributed by atoms with E-state index in [9.17, 15) is 14.9 Å². The van der Waals surface area contributed by atoms with Crippen LogP contribution in [0.1, 0.15) is 22.3 Å². The maximum Gasteiger partial charge on any atom is 0.282 e. The summed E-state index contributed by atoms with van der Waals surface area (Å²) in [6.45, 7) is 3.88. The Bertz CT molecular complexity index is 893. The third kappa shape index (κ3) is 5.04. The van der Waals surface area contributed by atoms with E-state index in [1.807, 2.05) is 32.0 Å². The number of amides is 1. The van der Waals surface area contributed by atoms with Crippen molar-refractivity contribution in [2.75, 3.05) is 14.2 Å². The third-order valence-electron chi connectivity index (χ3n) is 3.98. The van der Waals surface area contributed by atoms with Gasteiger partial charge in [-0.15, -0.1) is 0 Å². The van der Waals surface area contributed by atoms with Gasteiger partial charge in [-0.3, -0.25) is 14.9 Å². The molecule has 27 heavy (non-hydrogen) atoms. The summed E-state index contributed by atoms with van der Waals surface area (Å²) in [5, 5.41) is 15.1. The van der Waals surface area contributed by atoms with Crippen LogP contribution < -0.4 is 14.9 Å². The quantitative estimate of drug-likeness (QED) is 0.458. The van der Waals surface area contributed by atoms with Crippen LogP contribution in [0.15, 0.2) is 35.4 Å². The second-order valence-corrected chi connectivity index (χ2v) is 5.92. The van der Waals surface area contributed by atoms with E-state index in [4.69, 9.17) is 9.47 Å². The van der Waals surface area contributed by atoms with Crippen LogP contribution in [0.3, 0.4) is 0 Å². The lowest BCUT2D eigenvalue weighted by Gasteiger charge is -2.08. The Balaban J connectivity index is 2.16. The minimum Gasteiger partial charge on any atom is -0.493 e. The molecule has 142 valence electrons. The van der Waals surface area contributed by atoms with Gasteiger partial charge in [0.15, 0.2) is 11.5 Å². The predicted molar refractivity (Wildman–Crippen MR) is 102 cm³/mol. The Labute approximate surface area is 157 Å². The number of rotatable bonds is 7. The molecule has 0 aliphatic carbocycles. The fourth-order valence-electron chi connectivity index (χ4n) is 2.52. The van der Waals surface area contributed by atoms with Gasteiger partial charge in [-0.25, -0.2) is 5.43 Å². The van der Waals surface area contributed by atoms with Crippen molar-refractivity contribution in [1.29, 1.82) is 0 Å². The lowest BCUT2D eigenvalue weighted by molar-refractivity contribution is -0.385. The van der Waals surface area contributed by atoms with Crippen LogP contribution in [0.2, 0.25) is 0 Å². The van der Waals surface area contributed by atoms with Crippen LogP contribution >= 0.6 is 0 Å². The molecule has 0 saturated heterocycles. The van der Waals surface area contributed by atoms with Gasteiger partial charge in [0.25, 0.3) is 5.69 Å². The highest BCUT2D eigenvalue weighted by atomic mass is 16.6. The average Bonchev–Trinajstić information content (AvgIpc) is 2.64. The molecule has 0 aliphatic heterocycles. The maximum atomic E-state index is 12.1. The van der Waals surface area contributed by atoms with E-state index in [0.29, 0.717) is 5.75 Å². The van der Waals surface area contributed by atoms with Gasteiger partial charge >= 0.3 is 0 Å². The number of hydrogen-bond donors (Lipinski definition) is 1. The fraction of sp³-hybridized carbons (Fsp3) is 0.263. The van der Waals surface area contributed by atoms with Crippen molar-refractivity contribution >= 4 is 17.8 Å². The number of carbonyl (C=O) groups is 1. The summed E-state index contributed by atoms with van der Waals surface area (Å²) in [5.74, 6) is 0.245. The summed E-state index contributed by atoms with van der Waals surface area (Å²) in [4.78, 5) is 22.8. The number of nitrogens with zero attached hydrogens (tertiary/aromatic N) is 2. The van der Waals surface area contributed by atoms with Gasteiger partial charge in [-0.05, 0) is 31.0 Å². The maximum absolute atomic E-state index is 12.1. The van der Waals surface area contributed by atoms with E-state index in [0.717, 1.165) is 16.7 Å². The Hall–Kier alpha value is -3.42. The van der Waals surface area contributed by atoms with Gasteiger partial charge in [0, 0.05) is 0 Å². The van der Waals surface area contributed by atoms with E-state index in [2.05, 4.69) is 10.5 Å². The first kappa shape index (κ1) is 19.9. The Morgan fingerprint density at radius 3 is 2.48 bits per heavy atom. The van der Waals surface area contributed by atoms with Crippen LogP contribution in [0, 0.1) is 24.0 Å². The first-order valence-corrected chi connectivity index (χ1v) is 8.14. The highest BCUT2D eigenvalue weighted by Gasteiger charge is 2.18. The molecule has 8 heteroatoms. The van der Waals surface area contributed by atoms with Crippen LogP contribution in [0.25, 0.3) is 0 Å². The smallest absolute Gasteiger partial charge is 0.282 e. The number of nitro groups is 1. The number of methoxy groups -OCH3 is 2. The van der Waals surface area contributed by atoms with Crippen LogP contribution in [0.5, 0.6) is 11.5 Å². The average molecular weight is 371 g/mol. The van der Waals surface area contributed by atoms with Crippen molar-refractivity contribution in [3.05, 3.63) is 62.7 Å². The molecule has 0 aromatic heterocycles. The minimum absolute atomic E-state index is 0.166. The normalized spacial score (nSPS) is 10.7. The molecule has 0 spiro atoms. The SMILES string of the molecule is COc1cc(/C=N\NC(=O)Cc2cc(C)ccc2C)c([N+](=O)[O-])cc1OC. The molecule has 0 saturated carbocycles. The molecule has 0 fully saturated rings. The summed E-state index contributed by atoms with van der Waals surface area (Å²) in [6, 6.07) is 8.55. The van der Waals surface area contributed by atoms with Gasteiger partial charge in [0.05, 0.1) is 43.4 Å². The molecule has 2 aromatic carbocycles. The van der Waals surface area contributed by atoms with Crippen molar-refractivity contribution in [3.8, 4) is 11.5 Å². The fourth-order valence-corrected chi connectivity index (χ4v) is 2.52. The molecule has 2 aromatic rings. The lowest BCUT2D eigenvalue weighted by Crippen LogP contribution is -2.20. The Morgan fingerprint density at radius 1 is 1.19 bits per heavy atom. The molecule has 0 aliphatic rings. The van der Waals surface area contributed by atoms with E-state index in [1.165, 1.54) is 32.6 Å². The topological polar surface area (TPSA) is 103 Å².